The molecule has 2 aromatic carbocycles. The Morgan fingerprint density at radius 1 is 1.22 bits per heavy atom. The second-order valence-corrected chi connectivity index (χ2v) is 4.86. The molecule has 2 aromatic rings. The molecule has 0 saturated carbocycles. The predicted octanol–water partition coefficient (Wildman–Crippen LogP) is 4.85. The Kier molecular flexibility index (Phi) is 3.99. The maximum atomic E-state index is 13.2. The maximum absolute atomic E-state index is 13.2. The van der Waals surface area contributed by atoms with Crippen LogP contribution in [0.25, 0.3) is 0 Å². The highest BCUT2D eigenvalue weighted by atomic mass is 79.9. The van der Waals surface area contributed by atoms with E-state index in [0.717, 1.165) is 0 Å². The van der Waals surface area contributed by atoms with Gasteiger partial charge in [-0.15, -0.1) is 0 Å². The summed E-state index contributed by atoms with van der Waals surface area (Å²) in [6.45, 7) is 0. The Hall–Kier alpha value is -1.39. The molecule has 18 heavy (non-hydrogen) atoms. The fourth-order valence-corrected chi connectivity index (χ4v) is 2.01. The number of benzene rings is 2. The van der Waals surface area contributed by atoms with Crippen LogP contribution in [0.3, 0.4) is 0 Å². The van der Waals surface area contributed by atoms with Crippen molar-refractivity contribution < 1.29 is 13.9 Å². The van der Waals surface area contributed by atoms with Gasteiger partial charge in [0.15, 0.2) is 6.29 Å². The topological polar surface area (TPSA) is 26.3 Å². The van der Waals surface area contributed by atoms with Crippen molar-refractivity contribution >= 4 is 33.8 Å². The van der Waals surface area contributed by atoms with Gasteiger partial charge in [0.25, 0.3) is 0 Å². The van der Waals surface area contributed by atoms with Crippen molar-refractivity contribution in [3.8, 4) is 11.5 Å². The highest BCUT2D eigenvalue weighted by Gasteiger charge is 2.07. The SMILES string of the molecule is O=Cc1ccc(Cl)cc1Oc1cc(F)cc(Br)c1. The lowest BCUT2D eigenvalue weighted by atomic mass is 10.2. The highest BCUT2D eigenvalue weighted by Crippen LogP contribution is 2.29. The van der Waals surface area contributed by atoms with Crippen molar-refractivity contribution in [1.82, 2.24) is 0 Å². The van der Waals surface area contributed by atoms with Crippen LogP contribution in [0.5, 0.6) is 11.5 Å². The van der Waals surface area contributed by atoms with Crippen molar-refractivity contribution in [3.63, 3.8) is 0 Å². The summed E-state index contributed by atoms with van der Waals surface area (Å²) in [5.41, 5.74) is 0.347. The third-order valence-corrected chi connectivity index (χ3v) is 2.86. The van der Waals surface area contributed by atoms with Gasteiger partial charge in [-0.3, -0.25) is 4.79 Å². The first kappa shape index (κ1) is 13.1. The normalized spacial score (nSPS) is 10.2. The molecule has 0 saturated heterocycles. The molecule has 92 valence electrons. The Labute approximate surface area is 116 Å². The maximum Gasteiger partial charge on any atom is 0.153 e. The van der Waals surface area contributed by atoms with Gasteiger partial charge in [0.05, 0.1) is 5.56 Å². The summed E-state index contributed by atoms with van der Waals surface area (Å²) in [4.78, 5) is 10.9. The number of aldehydes is 1. The van der Waals surface area contributed by atoms with Gasteiger partial charge < -0.3 is 4.74 Å². The van der Waals surface area contributed by atoms with Crippen LogP contribution in [-0.4, -0.2) is 6.29 Å². The zero-order valence-electron chi connectivity index (χ0n) is 8.99. The molecule has 0 aromatic heterocycles. The molecule has 2 nitrogen and oxygen atoms in total. The quantitative estimate of drug-likeness (QED) is 0.753. The molecule has 0 aliphatic rings. The van der Waals surface area contributed by atoms with Gasteiger partial charge in [-0.25, -0.2) is 4.39 Å². The van der Waals surface area contributed by atoms with Crippen LogP contribution in [0.2, 0.25) is 5.02 Å². The Morgan fingerprint density at radius 3 is 2.67 bits per heavy atom. The monoisotopic (exact) mass is 328 g/mol. The highest BCUT2D eigenvalue weighted by molar-refractivity contribution is 9.10. The fourth-order valence-electron chi connectivity index (χ4n) is 1.41. The Morgan fingerprint density at radius 2 is 2.00 bits per heavy atom. The number of hydrogen-bond donors (Lipinski definition) is 0. The first-order valence-corrected chi connectivity index (χ1v) is 6.14. The number of hydrogen-bond acceptors (Lipinski definition) is 2. The van der Waals surface area contributed by atoms with E-state index in [1.807, 2.05) is 0 Å². The van der Waals surface area contributed by atoms with Crippen LogP contribution in [0, 0.1) is 5.82 Å². The summed E-state index contributed by atoms with van der Waals surface area (Å²) >= 11 is 8.98. The van der Waals surface area contributed by atoms with Crippen molar-refractivity contribution in [1.29, 1.82) is 0 Å². The average molecular weight is 330 g/mol. The van der Waals surface area contributed by atoms with Gasteiger partial charge in [0.2, 0.25) is 0 Å². The summed E-state index contributed by atoms with van der Waals surface area (Å²) in [7, 11) is 0. The minimum atomic E-state index is -0.436. The number of ether oxygens (including phenoxy) is 1. The van der Waals surface area contributed by atoms with Crippen molar-refractivity contribution in [2.24, 2.45) is 0 Å². The summed E-state index contributed by atoms with van der Waals surface area (Å²) in [5, 5.41) is 0.436. The van der Waals surface area contributed by atoms with E-state index in [1.165, 1.54) is 18.2 Å². The van der Waals surface area contributed by atoms with Crippen molar-refractivity contribution in [2.75, 3.05) is 0 Å². The van der Waals surface area contributed by atoms with Gasteiger partial charge in [0.1, 0.15) is 17.3 Å². The lowest BCUT2D eigenvalue weighted by molar-refractivity contribution is 0.112. The molecule has 0 fully saturated rings. The van der Waals surface area contributed by atoms with E-state index < -0.39 is 5.82 Å². The third-order valence-electron chi connectivity index (χ3n) is 2.17. The van der Waals surface area contributed by atoms with E-state index in [4.69, 9.17) is 16.3 Å². The van der Waals surface area contributed by atoms with E-state index in [-0.39, 0.29) is 11.5 Å². The Bertz CT molecular complexity index is 581. The first-order valence-electron chi connectivity index (χ1n) is 4.97. The van der Waals surface area contributed by atoms with Crippen LogP contribution in [0.4, 0.5) is 4.39 Å². The molecule has 5 heteroatoms. The van der Waals surface area contributed by atoms with Gasteiger partial charge >= 0.3 is 0 Å². The number of halogens is 3. The average Bonchev–Trinajstić information content (AvgIpc) is 2.27. The van der Waals surface area contributed by atoms with Crippen molar-refractivity contribution in [3.05, 3.63) is 57.3 Å². The van der Waals surface area contributed by atoms with Crippen LogP contribution in [-0.2, 0) is 0 Å². The van der Waals surface area contributed by atoms with Crippen LogP contribution in [0.1, 0.15) is 10.4 Å². The summed E-state index contributed by atoms with van der Waals surface area (Å²) in [5.74, 6) is 0.135. The minimum Gasteiger partial charge on any atom is -0.456 e. The molecule has 0 aliphatic heterocycles. The van der Waals surface area contributed by atoms with Gasteiger partial charge in [0, 0.05) is 21.6 Å². The summed E-state index contributed by atoms with van der Waals surface area (Å²) in [6, 6.07) is 8.76. The van der Waals surface area contributed by atoms with Crippen LogP contribution in [0.15, 0.2) is 40.9 Å². The smallest absolute Gasteiger partial charge is 0.153 e. The molecule has 0 bridgehead atoms. The summed E-state index contributed by atoms with van der Waals surface area (Å²) < 4.78 is 19.2. The standard InChI is InChI=1S/C13H7BrClFO2/c14-9-3-11(16)6-12(4-9)18-13-5-10(15)2-1-8(13)7-17/h1-7H. The third kappa shape index (κ3) is 3.09. The molecule has 0 aliphatic carbocycles. The molecule has 0 amide bonds. The molecule has 2 rings (SSSR count). The molecular weight excluding hydrogens is 322 g/mol. The van der Waals surface area contributed by atoms with Gasteiger partial charge in [-0.1, -0.05) is 27.5 Å². The lowest BCUT2D eigenvalue weighted by Gasteiger charge is -2.09. The molecule has 0 unspecified atom stereocenters. The largest absolute Gasteiger partial charge is 0.456 e. The molecule has 0 atom stereocenters. The molecule has 0 heterocycles. The molecule has 0 radical (unpaired) electrons. The van der Waals surface area contributed by atoms with Gasteiger partial charge in [-0.05, 0) is 24.3 Å². The van der Waals surface area contributed by atoms with E-state index >= 15 is 0 Å². The molecular formula is C13H7BrClFO2. The van der Waals surface area contributed by atoms with Crippen LogP contribution < -0.4 is 4.74 Å². The fraction of sp³-hybridized carbons (Fsp3) is 0. The molecule has 0 N–H and O–H groups in total. The number of carbonyl (C=O) groups excluding carboxylic acids is 1. The predicted molar refractivity (Wildman–Crippen MR) is 71.0 cm³/mol. The second-order valence-electron chi connectivity index (χ2n) is 3.51. The van der Waals surface area contributed by atoms with E-state index in [9.17, 15) is 9.18 Å². The minimum absolute atomic E-state index is 0.284. The van der Waals surface area contributed by atoms with E-state index in [1.54, 1.807) is 18.2 Å². The lowest BCUT2D eigenvalue weighted by Crippen LogP contribution is -1.91. The first-order chi connectivity index (χ1) is 8.58. The second kappa shape index (κ2) is 5.50. The van der Waals surface area contributed by atoms with Crippen molar-refractivity contribution in [2.45, 2.75) is 0 Å². The summed E-state index contributed by atoms with van der Waals surface area (Å²) in [6.07, 6.45) is 0.653. The van der Waals surface area contributed by atoms with Gasteiger partial charge in [-0.2, -0.15) is 0 Å². The Balaban J connectivity index is 2.38. The van der Waals surface area contributed by atoms with E-state index in [2.05, 4.69) is 15.9 Å². The zero-order valence-corrected chi connectivity index (χ0v) is 11.3. The zero-order chi connectivity index (χ0) is 13.1. The van der Waals surface area contributed by atoms with E-state index in [0.29, 0.717) is 21.3 Å². The molecule has 0 spiro atoms. The van der Waals surface area contributed by atoms with Crippen LogP contribution >= 0.6 is 27.5 Å². The number of rotatable bonds is 3. The number of carbonyl (C=O) groups is 1.